The van der Waals surface area contributed by atoms with Gasteiger partial charge in [-0.25, -0.2) is 0 Å². The van der Waals surface area contributed by atoms with Crippen LogP contribution in [0.25, 0.3) is 0 Å². The van der Waals surface area contributed by atoms with E-state index in [1.807, 2.05) is 91.0 Å². The zero-order valence-electron chi connectivity index (χ0n) is 30.5. The van der Waals surface area contributed by atoms with Gasteiger partial charge in [-0.05, 0) is 34.8 Å². The van der Waals surface area contributed by atoms with E-state index in [2.05, 4.69) is 33.9 Å². The van der Waals surface area contributed by atoms with E-state index in [4.69, 9.17) is 42.3 Å². The molecule has 0 spiro atoms. The van der Waals surface area contributed by atoms with Crippen LogP contribution in [0.4, 0.5) is 0 Å². The monoisotopic (exact) mass is 736 g/mol. The van der Waals surface area contributed by atoms with Crippen molar-refractivity contribution in [2.24, 2.45) is 0 Å². The Hall–Kier alpha value is -2.56. The summed E-state index contributed by atoms with van der Waals surface area (Å²) < 4.78 is 57.5. The normalized spacial score (nSPS) is 34.4. The Kier molecular flexibility index (Phi) is 11.6. The molecule has 0 amide bonds. The van der Waals surface area contributed by atoms with Crippen LogP contribution in [0.3, 0.4) is 0 Å². The van der Waals surface area contributed by atoms with Crippen LogP contribution in [0.1, 0.15) is 37.5 Å². The van der Waals surface area contributed by atoms with Crippen molar-refractivity contribution in [3.8, 4) is 0 Å². The number of ether oxygens (including phenoxy) is 8. The van der Waals surface area contributed by atoms with E-state index in [1.165, 1.54) is 0 Å². The number of rotatable bonds is 14. The van der Waals surface area contributed by atoms with Crippen molar-refractivity contribution < 1.29 is 52.5 Å². The molecule has 1 saturated carbocycles. The molecule has 12 heteroatoms. The van der Waals surface area contributed by atoms with Gasteiger partial charge in [-0.3, -0.25) is 0 Å². The standard InChI is InChI=1S/C40H52O11Si/c1-40(2,3)52(4,5)51-37-34-29(41)33-35(36(37)50-39(48-33)49-34)47-38-30(42)32(45-23-27-19-13-8-14-20-27)31(44-22-26-17-11-7-12-18-26)28(46-38)24-43-21-25-15-9-6-10-16-25/h6-20,28-39,41-42H,21-24H2,1-5H3/t28-,29+,30-,31-,32-,33+,34-,35-,36+,37-,38-,39?/m1/s1. The van der Waals surface area contributed by atoms with E-state index in [0.717, 1.165) is 16.7 Å². The van der Waals surface area contributed by atoms with Gasteiger partial charge in [-0.15, -0.1) is 0 Å². The summed E-state index contributed by atoms with van der Waals surface area (Å²) in [5.74, 6) is 0. The van der Waals surface area contributed by atoms with Crippen molar-refractivity contribution in [2.45, 2.75) is 133 Å². The number of hydrogen-bond acceptors (Lipinski definition) is 11. The molecule has 5 aliphatic rings. The average Bonchev–Trinajstić information content (AvgIpc) is 3.13. The number of aliphatic hydroxyl groups excluding tert-OH is 2. The Morgan fingerprint density at radius 3 is 1.65 bits per heavy atom. The summed E-state index contributed by atoms with van der Waals surface area (Å²) in [7, 11) is -2.35. The highest BCUT2D eigenvalue weighted by Crippen LogP contribution is 2.47. The van der Waals surface area contributed by atoms with Gasteiger partial charge in [-0.2, -0.15) is 0 Å². The van der Waals surface area contributed by atoms with Gasteiger partial charge in [-0.1, -0.05) is 112 Å². The maximum atomic E-state index is 12.1. The summed E-state index contributed by atoms with van der Waals surface area (Å²) in [5, 5.41) is 23.5. The minimum absolute atomic E-state index is 0.104. The van der Waals surface area contributed by atoms with Crippen molar-refractivity contribution in [1.29, 1.82) is 0 Å². The Morgan fingerprint density at radius 2 is 1.10 bits per heavy atom. The van der Waals surface area contributed by atoms with E-state index in [9.17, 15) is 10.2 Å². The van der Waals surface area contributed by atoms with Crippen LogP contribution in [0, 0.1) is 0 Å². The predicted molar refractivity (Wildman–Crippen MR) is 192 cm³/mol. The zero-order chi connectivity index (χ0) is 36.5. The van der Waals surface area contributed by atoms with Gasteiger partial charge in [0, 0.05) is 0 Å². The van der Waals surface area contributed by atoms with E-state index in [1.54, 1.807) is 0 Å². The van der Waals surface area contributed by atoms with Gasteiger partial charge >= 0.3 is 0 Å². The van der Waals surface area contributed by atoms with Gasteiger partial charge in [0.25, 0.3) is 6.48 Å². The molecule has 4 aliphatic heterocycles. The van der Waals surface area contributed by atoms with Crippen LogP contribution in [0.15, 0.2) is 91.0 Å². The molecule has 12 atom stereocenters. The predicted octanol–water partition coefficient (Wildman–Crippen LogP) is 5.08. The summed E-state index contributed by atoms with van der Waals surface area (Å²) in [6.07, 6.45) is -9.39. The second-order valence-corrected chi connectivity index (χ2v) is 20.3. The van der Waals surface area contributed by atoms with Crippen LogP contribution >= 0.6 is 0 Å². The molecule has 2 N–H and O–H groups in total. The van der Waals surface area contributed by atoms with Crippen molar-refractivity contribution >= 4 is 8.32 Å². The summed E-state index contributed by atoms with van der Waals surface area (Å²) >= 11 is 0. The Morgan fingerprint density at radius 1 is 0.596 bits per heavy atom. The maximum Gasteiger partial charge on any atom is 0.272 e. The first-order valence-corrected chi connectivity index (χ1v) is 21.1. The lowest BCUT2D eigenvalue weighted by Crippen LogP contribution is -2.77. The fraction of sp³-hybridized carbons (Fsp3) is 0.550. The minimum Gasteiger partial charge on any atom is -0.408 e. The molecule has 0 radical (unpaired) electrons. The van der Waals surface area contributed by atoms with Gasteiger partial charge in [0.15, 0.2) is 14.6 Å². The second kappa shape index (κ2) is 16.0. The van der Waals surface area contributed by atoms with Crippen molar-refractivity contribution in [3.05, 3.63) is 108 Å². The Balaban J connectivity index is 1.16. The highest BCUT2D eigenvalue weighted by molar-refractivity contribution is 6.74. The maximum absolute atomic E-state index is 12.1. The largest absolute Gasteiger partial charge is 0.408 e. The lowest BCUT2D eigenvalue weighted by Gasteiger charge is -2.60. The smallest absolute Gasteiger partial charge is 0.272 e. The van der Waals surface area contributed by atoms with E-state index in [0.29, 0.717) is 6.61 Å². The first-order chi connectivity index (χ1) is 25.0. The van der Waals surface area contributed by atoms with Crippen molar-refractivity contribution in [1.82, 2.24) is 0 Å². The highest BCUT2D eigenvalue weighted by Gasteiger charge is 2.65. The number of hydrogen-bond donors (Lipinski definition) is 2. The van der Waals surface area contributed by atoms with Crippen LogP contribution in [0.5, 0.6) is 0 Å². The molecular formula is C40H52O11Si. The lowest BCUT2D eigenvalue weighted by molar-refractivity contribution is -0.490. The summed E-state index contributed by atoms with van der Waals surface area (Å²) in [4.78, 5) is 0. The average molecular weight is 737 g/mol. The molecule has 4 saturated heterocycles. The summed E-state index contributed by atoms with van der Waals surface area (Å²) in [6.45, 7) is 10.8. The molecule has 3 aromatic carbocycles. The molecule has 1 unspecified atom stereocenters. The molecule has 4 bridgehead atoms. The molecule has 52 heavy (non-hydrogen) atoms. The van der Waals surface area contributed by atoms with Gasteiger partial charge in [0.2, 0.25) is 0 Å². The van der Waals surface area contributed by atoms with Gasteiger partial charge in [0.1, 0.15) is 61.0 Å². The summed E-state index contributed by atoms with van der Waals surface area (Å²) in [5.41, 5.74) is 2.92. The zero-order valence-corrected chi connectivity index (χ0v) is 31.5. The third-order valence-electron chi connectivity index (χ3n) is 10.9. The first-order valence-electron chi connectivity index (χ1n) is 18.2. The first kappa shape index (κ1) is 37.7. The van der Waals surface area contributed by atoms with Crippen molar-refractivity contribution in [2.75, 3.05) is 6.61 Å². The third-order valence-corrected chi connectivity index (χ3v) is 15.4. The number of aliphatic hydroxyl groups is 2. The van der Waals surface area contributed by atoms with Crippen LogP contribution in [0.2, 0.25) is 18.1 Å². The van der Waals surface area contributed by atoms with E-state index in [-0.39, 0.29) is 24.9 Å². The molecular weight excluding hydrogens is 685 g/mol. The quantitative estimate of drug-likeness (QED) is 0.216. The third kappa shape index (κ3) is 8.24. The van der Waals surface area contributed by atoms with E-state index >= 15 is 0 Å². The second-order valence-electron chi connectivity index (χ2n) is 15.6. The van der Waals surface area contributed by atoms with Gasteiger partial charge in [0.05, 0.1) is 26.4 Å². The number of benzene rings is 3. The molecule has 0 aromatic heterocycles. The van der Waals surface area contributed by atoms with Crippen LogP contribution in [-0.4, -0.2) is 98.9 Å². The van der Waals surface area contributed by atoms with Gasteiger partial charge < -0.3 is 52.5 Å². The molecule has 282 valence electrons. The molecule has 3 aromatic rings. The Labute approximate surface area is 307 Å². The van der Waals surface area contributed by atoms with Crippen LogP contribution < -0.4 is 0 Å². The topological polar surface area (TPSA) is 124 Å². The van der Waals surface area contributed by atoms with Crippen LogP contribution in [-0.2, 0) is 62.1 Å². The van der Waals surface area contributed by atoms with E-state index < -0.39 is 82.1 Å². The molecule has 5 fully saturated rings. The lowest BCUT2D eigenvalue weighted by atomic mass is 9.82. The SMILES string of the molecule is CC(C)(C)[Si](C)(C)O[C@H]1[C@H]2OC3O[C@@H]1[C@@H](O)[C@H](O3)[C@H]2O[C@H]1O[C@H](COCc2ccccc2)[C@@H](OCc2ccccc2)[C@H](OCc2ccccc2)[C@H]1O. The molecule has 8 rings (SSSR count). The fourth-order valence-electron chi connectivity index (χ4n) is 6.98. The molecule has 1 aliphatic carbocycles. The highest BCUT2D eigenvalue weighted by atomic mass is 28.4. The molecule has 11 nitrogen and oxygen atoms in total. The van der Waals surface area contributed by atoms with Crippen molar-refractivity contribution in [3.63, 3.8) is 0 Å². The minimum atomic E-state index is -2.35. The summed E-state index contributed by atoms with van der Waals surface area (Å²) in [6, 6.07) is 29.5. The Bertz CT molecular complexity index is 1560. The molecule has 4 heterocycles. The fourth-order valence-corrected chi connectivity index (χ4v) is 8.29.